The molecular formula is C19H24O3Si. The van der Waals surface area contributed by atoms with Crippen molar-refractivity contribution >= 4 is 25.5 Å². The fourth-order valence-corrected chi connectivity index (χ4v) is 4.23. The van der Waals surface area contributed by atoms with Crippen molar-refractivity contribution in [1.82, 2.24) is 0 Å². The zero-order valence-corrected chi connectivity index (χ0v) is 15.1. The van der Waals surface area contributed by atoms with Gasteiger partial charge in [-0.3, -0.25) is 0 Å². The van der Waals surface area contributed by atoms with E-state index in [1.165, 1.54) is 5.19 Å². The summed E-state index contributed by atoms with van der Waals surface area (Å²) in [5.41, 5.74) is 2.42. The van der Waals surface area contributed by atoms with Gasteiger partial charge in [0, 0.05) is 12.8 Å². The van der Waals surface area contributed by atoms with E-state index in [0.717, 1.165) is 6.29 Å². The Balaban J connectivity index is 3.02. The van der Waals surface area contributed by atoms with Crippen LogP contribution in [0.5, 0.6) is 0 Å². The van der Waals surface area contributed by atoms with Crippen molar-refractivity contribution in [3.05, 3.63) is 41.6 Å². The summed E-state index contributed by atoms with van der Waals surface area (Å²) in [6.45, 7) is 6.47. The van der Waals surface area contributed by atoms with E-state index in [-0.39, 0.29) is 5.97 Å². The summed E-state index contributed by atoms with van der Waals surface area (Å²) < 4.78 is 5.12. The van der Waals surface area contributed by atoms with E-state index in [1.807, 2.05) is 23.9 Å². The summed E-state index contributed by atoms with van der Waals surface area (Å²) in [5.74, 6) is 5.55. The highest BCUT2D eigenvalue weighted by atomic mass is 28.3. The Morgan fingerprint density at radius 3 is 2.57 bits per heavy atom. The lowest BCUT2D eigenvalue weighted by Gasteiger charge is -2.19. The van der Waals surface area contributed by atoms with Crippen LogP contribution in [-0.4, -0.2) is 26.9 Å². The minimum atomic E-state index is -1.93. The van der Waals surface area contributed by atoms with Crippen LogP contribution in [0.3, 0.4) is 0 Å². The van der Waals surface area contributed by atoms with Crippen molar-refractivity contribution in [2.45, 2.75) is 39.3 Å². The minimum Gasteiger partial charge on any atom is -0.462 e. The van der Waals surface area contributed by atoms with Gasteiger partial charge in [-0.15, -0.1) is 0 Å². The quantitative estimate of drug-likeness (QED) is 0.193. The number of hydrogen-bond acceptors (Lipinski definition) is 3. The number of carbonyl (C=O) groups excluding carboxylic acids is 2. The fraction of sp³-hybridized carbons (Fsp3) is 0.368. The molecule has 1 aromatic carbocycles. The second-order valence-electron chi connectivity index (χ2n) is 5.73. The first kappa shape index (κ1) is 18.9. The van der Waals surface area contributed by atoms with E-state index in [4.69, 9.17) is 4.74 Å². The van der Waals surface area contributed by atoms with E-state index in [1.54, 1.807) is 6.92 Å². The summed E-state index contributed by atoms with van der Waals surface area (Å²) in [7, 11) is -1.93. The molecule has 23 heavy (non-hydrogen) atoms. The van der Waals surface area contributed by atoms with Gasteiger partial charge < -0.3 is 9.53 Å². The van der Waals surface area contributed by atoms with Crippen LogP contribution >= 0.6 is 0 Å². The number of ether oxygens (including phenoxy) is 1. The van der Waals surface area contributed by atoms with Gasteiger partial charge in [-0.05, 0) is 13.3 Å². The average Bonchev–Trinajstić information content (AvgIpc) is 2.54. The lowest BCUT2D eigenvalue weighted by molar-refractivity contribution is -0.138. The molecule has 0 aromatic heterocycles. The molecule has 0 unspecified atom stereocenters. The van der Waals surface area contributed by atoms with Crippen LogP contribution in [0.4, 0.5) is 0 Å². The number of hydrogen-bond donors (Lipinski definition) is 0. The fourth-order valence-electron chi connectivity index (χ4n) is 2.10. The maximum atomic E-state index is 12.1. The van der Waals surface area contributed by atoms with Gasteiger partial charge >= 0.3 is 5.97 Å². The number of esters is 1. The van der Waals surface area contributed by atoms with Gasteiger partial charge in [0.15, 0.2) is 0 Å². The Morgan fingerprint density at radius 2 is 1.96 bits per heavy atom. The SMILES string of the molecule is CCOC(=O)/C(C#CCCCC=O)=C\[Si](C)(C)c1ccccc1. The highest BCUT2D eigenvalue weighted by molar-refractivity contribution is 6.94. The van der Waals surface area contributed by atoms with Gasteiger partial charge in [0.2, 0.25) is 0 Å². The smallest absolute Gasteiger partial charge is 0.345 e. The third kappa shape index (κ3) is 6.66. The van der Waals surface area contributed by atoms with Crippen molar-refractivity contribution in [2.75, 3.05) is 6.61 Å². The molecule has 1 rings (SSSR count). The second kappa shape index (κ2) is 9.81. The molecular weight excluding hydrogens is 304 g/mol. The highest BCUT2D eigenvalue weighted by Gasteiger charge is 2.23. The van der Waals surface area contributed by atoms with Gasteiger partial charge in [-0.25, -0.2) is 4.79 Å². The molecule has 0 fully saturated rings. The van der Waals surface area contributed by atoms with Crippen LogP contribution in [0, 0.1) is 11.8 Å². The maximum Gasteiger partial charge on any atom is 0.345 e. The van der Waals surface area contributed by atoms with Crippen molar-refractivity contribution in [3.63, 3.8) is 0 Å². The Kier molecular flexibility index (Phi) is 8.07. The Hall–Kier alpha value is -2.12. The molecule has 0 aliphatic heterocycles. The van der Waals surface area contributed by atoms with Crippen molar-refractivity contribution < 1.29 is 14.3 Å². The van der Waals surface area contributed by atoms with Gasteiger partial charge in [-0.2, -0.15) is 0 Å². The van der Waals surface area contributed by atoms with E-state index in [9.17, 15) is 9.59 Å². The van der Waals surface area contributed by atoms with E-state index in [2.05, 4.69) is 37.1 Å². The van der Waals surface area contributed by atoms with Crippen molar-refractivity contribution in [2.24, 2.45) is 0 Å². The summed E-state index contributed by atoms with van der Waals surface area (Å²) in [6.07, 6.45) is 2.70. The molecule has 0 aliphatic rings. The van der Waals surface area contributed by atoms with Gasteiger partial charge in [0.1, 0.15) is 19.9 Å². The summed E-state index contributed by atoms with van der Waals surface area (Å²) in [4.78, 5) is 22.5. The first-order valence-electron chi connectivity index (χ1n) is 7.89. The molecule has 0 aliphatic carbocycles. The van der Waals surface area contributed by atoms with Crippen LogP contribution in [0.1, 0.15) is 26.2 Å². The van der Waals surface area contributed by atoms with Crippen LogP contribution in [0.2, 0.25) is 13.1 Å². The molecule has 4 heteroatoms. The monoisotopic (exact) mass is 328 g/mol. The maximum absolute atomic E-state index is 12.1. The Morgan fingerprint density at radius 1 is 1.26 bits per heavy atom. The molecule has 0 bridgehead atoms. The number of benzene rings is 1. The summed E-state index contributed by atoms with van der Waals surface area (Å²) in [6, 6.07) is 10.2. The number of aldehydes is 1. The molecule has 0 saturated carbocycles. The molecule has 122 valence electrons. The average molecular weight is 328 g/mol. The van der Waals surface area contributed by atoms with Crippen molar-refractivity contribution in [3.8, 4) is 11.8 Å². The minimum absolute atomic E-state index is 0.330. The van der Waals surface area contributed by atoms with Gasteiger partial charge in [0.25, 0.3) is 0 Å². The number of carbonyl (C=O) groups is 2. The first-order chi connectivity index (χ1) is 11.0. The van der Waals surface area contributed by atoms with Crippen LogP contribution < -0.4 is 5.19 Å². The third-order valence-electron chi connectivity index (χ3n) is 3.37. The molecule has 0 radical (unpaired) electrons. The van der Waals surface area contributed by atoms with E-state index >= 15 is 0 Å². The topological polar surface area (TPSA) is 43.4 Å². The molecule has 0 amide bonds. The lowest BCUT2D eigenvalue weighted by atomic mass is 10.2. The molecule has 0 saturated heterocycles. The molecule has 1 aromatic rings. The molecule has 0 spiro atoms. The van der Waals surface area contributed by atoms with Crippen LogP contribution in [0.25, 0.3) is 0 Å². The summed E-state index contributed by atoms with van der Waals surface area (Å²) >= 11 is 0. The van der Waals surface area contributed by atoms with E-state index in [0.29, 0.717) is 31.4 Å². The van der Waals surface area contributed by atoms with Crippen molar-refractivity contribution in [1.29, 1.82) is 0 Å². The Labute approximate surface area is 139 Å². The molecule has 0 heterocycles. The zero-order chi connectivity index (χ0) is 17.1. The lowest BCUT2D eigenvalue weighted by Crippen LogP contribution is -2.40. The Bertz CT molecular complexity index is 606. The first-order valence-corrected chi connectivity index (χ1v) is 11.0. The van der Waals surface area contributed by atoms with E-state index < -0.39 is 8.07 Å². The molecule has 3 nitrogen and oxygen atoms in total. The second-order valence-corrected chi connectivity index (χ2v) is 10.0. The standard InChI is InChI=1S/C19H24O3Si/c1-4-22-19(21)17(12-8-5-6-11-15-20)16-23(2,3)18-13-9-7-10-14-18/h7,9-10,13-16H,4-6,11H2,1-3H3/b17-16-. The zero-order valence-electron chi connectivity index (χ0n) is 14.1. The third-order valence-corrected chi connectivity index (χ3v) is 6.20. The largest absolute Gasteiger partial charge is 0.462 e. The predicted octanol–water partition coefficient (Wildman–Crippen LogP) is 3.00. The number of rotatable bonds is 7. The number of unbranched alkanes of at least 4 members (excludes halogenated alkanes) is 2. The highest BCUT2D eigenvalue weighted by Crippen LogP contribution is 2.10. The van der Waals surface area contributed by atoms with Gasteiger partial charge in [-0.1, -0.05) is 66.2 Å². The molecule has 0 N–H and O–H groups in total. The van der Waals surface area contributed by atoms with Gasteiger partial charge in [0.05, 0.1) is 6.61 Å². The summed E-state index contributed by atoms with van der Waals surface area (Å²) in [5, 5.41) is 1.24. The predicted molar refractivity (Wildman–Crippen MR) is 96.0 cm³/mol. The normalized spacial score (nSPS) is 11.3. The van der Waals surface area contributed by atoms with Crippen LogP contribution in [-0.2, 0) is 14.3 Å². The van der Waals surface area contributed by atoms with Crippen LogP contribution in [0.15, 0.2) is 41.6 Å². The molecule has 0 atom stereocenters.